The Labute approximate surface area is 157 Å². The lowest BCUT2D eigenvalue weighted by molar-refractivity contribution is -0.384. The number of carbonyl (C=O) groups is 1. The number of halogens is 2. The van der Waals surface area contributed by atoms with Crippen LogP contribution in [-0.4, -0.2) is 15.9 Å². The highest BCUT2D eigenvalue weighted by atomic mass is 35.5. The summed E-state index contributed by atoms with van der Waals surface area (Å²) in [5.74, 6) is -0.370. The quantitative estimate of drug-likeness (QED) is 0.366. The Morgan fingerprint density at radius 2 is 1.84 bits per heavy atom. The van der Waals surface area contributed by atoms with E-state index in [1.165, 1.54) is 23.1 Å². The second-order valence-corrected chi connectivity index (χ2v) is 6.30. The van der Waals surface area contributed by atoms with Crippen LogP contribution < -0.4 is 10.2 Å². The van der Waals surface area contributed by atoms with Gasteiger partial charge in [-0.15, -0.1) is 0 Å². The van der Waals surface area contributed by atoms with Gasteiger partial charge in [0, 0.05) is 11.1 Å². The summed E-state index contributed by atoms with van der Waals surface area (Å²) in [5, 5.41) is 14.6. The molecular weight excluding hydrogens is 385 g/mol. The topological polar surface area (TPSA) is 75.5 Å². The molecule has 1 amide bonds. The number of nitrogens with one attached hydrogen (secondary N) is 1. The zero-order chi connectivity index (χ0) is 18.1. The molecule has 0 saturated carbocycles. The van der Waals surface area contributed by atoms with Crippen molar-refractivity contribution in [2.75, 3.05) is 4.90 Å². The van der Waals surface area contributed by atoms with Crippen LogP contribution in [0.25, 0.3) is 6.08 Å². The van der Waals surface area contributed by atoms with E-state index < -0.39 is 4.92 Å². The first-order chi connectivity index (χ1) is 11.9. The first-order valence-electron chi connectivity index (χ1n) is 6.93. The number of carbonyl (C=O) groups excluding carboxylic acids is 1. The summed E-state index contributed by atoms with van der Waals surface area (Å²) in [7, 11) is 0. The van der Waals surface area contributed by atoms with Crippen LogP contribution in [0, 0.1) is 10.1 Å². The van der Waals surface area contributed by atoms with Crippen LogP contribution in [0.15, 0.2) is 48.2 Å². The third kappa shape index (κ3) is 3.48. The Kier molecular flexibility index (Phi) is 4.71. The maximum absolute atomic E-state index is 12.6. The van der Waals surface area contributed by atoms with E-state index in [1.807, 2.05) is 0 Å². The van der Waals surface area contributed by atoms with E-state index in [2.05, 4.69) is 5.32 Å². The Bertz CT molecular complexity index is 929. The van der Waals surface area contributed by atoms with Crippen molar-refractivity contribution in [3.63, 3.8) is 0 Å². The summed E-state index contributed by atoms with van der Waals surface area (Å²) in [6.45, 7) is 0. The molecule has 0 radical (unpaired) electrons. The number of hydrogen-bond acceptors (Lipinski definition) is 4. The Balaban J connectivity index is 1.94. The number of amides is 1. The summed E-state index contributed by atoms with van der Waals surface area (Å²) in [6, 6.07) is 10.9. The molecule has 2 aromatic carbocycles. The van der Waals surface area contributed by atoms with E-state index in [1.54, 1.807) is 30.3 Å². The van der Waals surface area contributed by atoms with Crippen molar-refractivity contribution in [2.24, 2.45) is 0 Å². The molecule has 0 atom stereocenters. The molecule has 1 fully saturated rings. The third-order valence-electron chi connectivity index (χ3n) is 3.44. The molecule has 1 aliphatic rings. The van der Waals surface area contributed by atoms with Gasteiger partial charge in [-0.05, 0) is 54.2 Å². The van der Waals surface area contributed by atoms with E-state index in [0.717, 1.165) is 0 Å². The van der Waals surface area contributed by atoms with E-state index in [9.17, 15) is 14.9 Å². The number of nitro benzene ring substituents is 1. The molecular formula is C16H9Cl2N3O3S. The fourth-order valence-electron chi connectivity index (χ4n) is 2.29. The fourth-order valence-corrected chi connectivity index (χ4v) is 2.90. The standard InChI is InChI=1S/C16H9Cl2N3O3S/c17-10-2-4-11(5-3-10)20-15(22)13(19-16(20)25)7-9-1-6-12(18)14(8-9)21(23)24/h1-8H,(H,19,25)/b13-7-. The second-order valence-electron chi connectivity index (χ2n) is 5.07. The maximum atomic E-state index is 12.6. The zero-order valence-corrected chi connectivity index (χ0v) is 14.7. The van der Waals surface area contributed by atoms with E-state index in [4.69, 9.17) is 35.4 Å². The summed E-state index contributed by atoms with van der Waals surface area (Å²) in [5.41, 5.74) is 0.986. The van der Waals surface area contributed by atoms with Crippen molar-refractivity contribution < 1.29 is 9.72 Å². The molecule has 0 aliphatic carbocycles. The van der Waals surface area contributed by atoms with Crippen LogP contribution in [-0.2, 0) is 4.79 Å². The summed E-state index contributed by atoms with van der Waals surface area (Å²) >= 11 is 16.8. The van der Waals surface area contributed by atoms with Gasteiger partial charge in [0.25, 0.3) is 11.6 Å². The predicted molar refractivity (Wildman–Crippen MR) is 101 cm³/mol. The van der Waals surface area contributed by atoms with Gasteiger partial charge in [0.1, 0.15) is 10.7 Å². The zero-order valence-electron chi connectivity index (χ0n) is 12.4. The lowest BCUT2D eigenvalue weighted by Gasteiger charge is -2.13. The van der Waals surface area contributed by atoms with Gasteiger partial charge in [-0.2, -0.15) is 0 Å². The SMILES string of the molecule is O=C1/C(=C/c2ccc(Cl)c([N+](=O)[O-])c2)NC(=S)N1c1ccc(Cl)cc1. The number of anilines is 1. The number of benzene rings is 2. The molecule has 126 valence electrons. The third-order valence-corrected chi connectivity index (χ3v) is 4.30. The van der Waals surface area contributed by atoms with Crippen molar-refractivity contribution in [3.8, 4) is 0 Å². The van der Waals surface area contributed by atoms with Gasteiger partial charge in [-0.25, -0.2) is 0 Å². The van der Waals surface area contributed by atoms with Crippen LogP contribution >= 0.6 is 35.4 Å². The highest BCUT2D eigenvalue weighted by Gasteiger charge is 2.32. The Morgan fingerprint density at radius 1 is 1.16 bits per heavy atom. The predicted octanol–water partition coefficient (Wildman–Crippen LogP) is 4.16. The summed E-state index contributed by atoms with van der Waals surface area (Å²) in [6.07, 6.45) is 1.48. The minimum Gasteiger partial charge on any atom is -0.327 e. The number of hydrogen-bond donors (Lipinski definition) is 1. The molecule has 2 aromatic rings. The van der Waals surface area contributed by atoms with Crippen LogP contribution in [0.4, 0.5) is 11.4 Å². The number of nitrogens with zero attached hydrogens (tertiary/aromatic N) is 2. The lowest BCUT2D eigenvalue weighted by atomic mass is 10.1. The number of rotatable bonds is 3. The van der Waals surface area contributed by atoms with Gasteiger partial charge in [0.05, 0.1) is 10.6 Å². The Hall–Kier alpha value is -2.48. The molecule has 1 aliphatic heterocycles. The molecule has 6 nitrogen and oxygen atoms in total. The Morgan fingerprint density at radius 3 is 2.48 bits per heavy atom. The van der Waals surface area contributed by atoms with E-state index >= 15 is 0 Å². The first-order valence-corrected chi connectivity index (χ1v) is 8.10. The van der Waals surface area contributed by atoms with Crippen molar-refractivity contribution in [1.29, 1.82) is 0 Å². The molecule has 1 heterocycles. The van der Waals surface area contributed by atoms with Crippen molar-refractivity contribution >= 4 is 63.9 Å². The van der Waals surface area contributed by atoms with Crippen LogP contribution in [0.1, 0.15) is 5.56 Å². The van der Waals surface area contributed by atoms with E-state index in [-0.39, 0.29) is 27.4 Å². The molecule has 3 rings (SSSR count). The van der Waals surface area contributed by atoms with Gasteiger partial charge in [-0.1, -0.05) is 29.3 Å². The highest BCUT2D eigenvalue weighted by Crippen LogP contribution is 2.28. The molecule has 0 spiro atoms. The average Bonchev–Trinajstić information content (AvgIpc) is 2.84. The van der Waals surface area contributed by atoms with Crippen molar-refractivity contribution in [1.82, 2.24) is 5.32 Å². The number of nitro groups is 1. The molecule has 25 heavy (non-hydrogen) atoms. The van der Waals surface area contributed by atoms with Crippen LogP contribution in [0.2, 0.25) is 10.0 Å². The number of thiocarbonyl (C=S) groups is 1. The van der Waals surface area contributed by atoms with Gasteiger partial charge >= 0.3 is 0 Å². The summed E-state index contributed by atoms with van der Waals surface area (Å²) in [4.78, 5) is 24.3. The lowest BCUT2D eigenvalue weighted by Crippen LogP contribution is -2.30. The van der Waals surface area contributed by atoms with E-state index in [0.29, 0.717) is 16.3 Å². The van der Waals surface area contributed by atoms with Crippen molar-refractivity contribution in [3.05, 3.63) is 73.9 Å². The molecule has 1 N–H and O–H groups in total. The van der Waals surface area contributed by atoms with Crippen LogP contribution in [0.3, 0.4) is 0 Å². The molecule has 0 bridgehead atoms. The van der Waals surface area contributed by atoms with Crippen LogP contribution in [0.5, 0.6) is 0 Å². The highest BCUT2D eigenvalue weighted by molar-refractivity contribution is 7.80. The fraction of sp³-hybridized carbons (Fsp3) is 0. The average molecular weight is 394 g/mol. The van der Waals surface area contributed by atoms with Gasteiger partial charge in [0.2, 0.25) is 0 Å². The minimum absolute atomic E-state index is 0.0242. The maximum Gasteiger partial charge on any atom is 0.288 e. The van der Waals surface area contributed by atoms with Gasteiger partial charge in [0.15, 0.2) is 5.11 Å². The summed E-state index contributed by atoms with van der Waals surface area (Å²) < 4.78 is 0. The van der Waals surface area contributed by atoms with Gasteiger partial charge < -0.3 is 5.32 Å². The van der Waals surface area contributed by atoms with Gasteiger partial charge in [-0.3, -0.25) is 19.8 Å². The van der Waals surface area contributed by atoms with Crippen molar-refractivity contribution in [2.45, 2.75) is 0 Å². The molecule has 9 heteroatoms. The monoisotopic (exact) mass is 393 g/mol. The smallest absolute Gasteiger partial charge is 0.288 e. The second kappa shape index (κ2) is 6.79. The molecule has 1 saturated heterocycles. The minimum atomic E-state index is -0.584. The largest absolute Gasteiger partial charge is 0.327 e. The normalized spacial score (nSPS) is 15.6. The first kappa shape index (κ1) is 17.3. The molecule has 0 unspecified atom stereocenters. The molecule has 0 aromatic heterocycles.